The third-order valence-corrected chi connectivity index (χ3v) is 0.722. The summed E-state index contributed by atoms with van der Waals surface area (Å²) in [5.74, 6) is 0. The normalized spacial score (nSPS) is 34.7. The first kappa shape index (κ1) is 2.67. The average Bonchev–Trinajstić information content (AvgIpc) is 1.69. The van der Waals surface area contributed by atoms with Crippen LogP contribution in [0.15, 0.2) is 12.3 Å². The first-order valence-electron chi connectivity index (χ1n) is 2.70. The lowest BCUT2D eigenvalue weighted by molar-refractivity contribution is 0.231. The summed E-state index contributed by atoms with van der Waals surface area (Å²) in [6, 6.07) is 0. The van der Waals surface area contributed by atoms with Crippen molar-refractivity contribution in [2.75, 3.05) is 6.58 Å². The molecule has 0 saturated carbocycles. The Morgan fingerprint density at radius 3 is 3.17 bits per heavy atom. The van der Waals surface area contributed by atoms with Crippen molar-refractivity contribution in [3.05, 3.63) is 12.3 Å². The van der Waals surface area contributed by atoms with Crippen LogP contribution in [0.2, 0.25) is 0 Å². The minimum absolute atomic E-state index is 0.301. The molecule has 0 aliphatic carbocycles. The lowest BCUT2D eigenvalue weighted by Gasteiger charge is -2.01. The Bertz CT molecular complexity index is 80.1. The molecular formula is C5H8O. The molecule has 1 heteroatoms. The van der Waals surface area contributed by atoms with E-state index in [1.807, 2.05) is 6.08 Å². The topological polar surface area (TPSA) is 9.23 Å². The number of allylic oxidation sites excluding steroid dienone is 1. The molecule has 0 aromatic carbocycles. The molecule has 1 aliphatic heterocycles. The van der Waals surface area contributed by atoms with Gasteiger partial charge in [-0.15, -0.1) is 0 Å². The van der Waals surface area contributed by atoms with E-state index in [1.165, 1.54) is 0 Å². The van der Waals surface area contributed by atoms with Crippen molar-refractivity contribution in [1.29, 1.82) is 0 Å². The highest BCUT2D eigenvalue weighted by molar-refractivity contribution is 4.76. The summed E-state index contributed by atoms with van der Waals surface area (Å²) in [5.41, 5.74) is 0. The van der Waals surface area contributed by atoms with Gasteiger partial charge < -0.3 is 4.74 Å². The Kier molecular flexibility index (Phi) is 0.825. The van der Waals surface area contributed by atoms with Crippen LogP contribution < -0.4 is 0 Å². The predicted octanol–water partition coefficient (Wildman–Crippen LogP) is 1.31. The van der Waals surface area contributed by atoms with Gasteiger partial charge in [-0.1, -0.05) is 0 Å². The smallest absolute Gasteiger partial charge is 0.0876 e. The van der Waals surface area contributed by atoms with E-state index < -0.39 is 0 Å². The fourth-order valence-corrected chi connectivity index (χ4v) is 0.411. The van der Waals surface area contributed by atoms with Crippen molar-refractivity contribution < 1.29 is 6.11 Å². The molecule has 1 aliphatic rings. The number of hydrogen-bond donors (Lipinski definition) is 0. The predicted molar refractivity (Wildman–Crippen MR) is 24.3 cm³/mol. The van der Waals surface area contributed by atoms with Gasteiger partial charge in [0.25, 0.3) is 0 Å². The molecule has 1 unspecified atom stereocenters. The van der Waals surface area contributed by atoms with Crippen molar-refractivity contribution in [3.63, 3.8) is 0 Å². The van der Waals surface area contributed by atoms with Gasteiger partial charge in [0.15, 0.2) is 0 Å². The fourth-order valence-electron chi connectivity index (χ4n) is 0.411. The Balaban J connectivity index is 2.32. The molecule has 1 heterocycles. The van der Waals surface area contributed by atoms with Crippen LogP contribution in [0, 0.1) is 0 Å². The lowest BCUT2D eigenvalue weighted by atomic mass is 10.3. The summed E-state index contributed by atoms with van der Waals surface area (Å²) in [5, 5.41) is 0. The zero-order valence-corrected chi connectivity index (χ0v) is 3.55. The zero-order valence-electron chi connectivity index (χ0n) is 4.55. The Morgan fingerprint density at radius 1 is 1.83 bits per heavy atom. The highest BCUT2D eigenvalue weighted by atomic mass is 16.5. The summed E-state index contributed by atoms with van der Waals surface area (Å²) >= 11 is 0. The monoisotopic (exact) mass is 85.1 g/mol. The first-order valence-corrected chi connectivity index (χ1v) is 2.12. The maximum Gasteiger partial charge on any atom is 0.0876 e. The van der Waals surface area contributed by atoms with Gasteiger partial charge in [-0.2, -0.15) is 0 Å². The van der Waals surface area contributed by atoms with E-state index in [4.69, 9.17) is 6.11 Å². The van der Waals surface area contributed by atoms with Gasteiger partial charge in [-0.05, 0) is 18.9 Å². The van der Waals surface area contributed by atoms with Crippen LogP contribution in [-0.4, -0.2) is 6.58 Å². The Labute approximate surface area is 39.0 Å². The number of hydrogen-bond acceptors (Lipinski definition) is 1. The SMILES string of the molecule is [2H]C1CCC=CO1. The summed E-state index contributed by atoms with van der Waals surface area (Å²) in [6.45, 7) is -0.301. The minimum Gasteiger partial charge on any atom is -0.502 e. The highest BCUT2D eigenvalue weighted by Crippen LogP contribution is 1.97. The molecule has 0 radical (unpaired) electrons. The second kappa shape index (κ2) is 1.85. The van der Waals surface area contributed by atoms with Crippen LogP contribution in [0.1, 0.15) is 14.2 Å². The lowest BCUT2D eigenvalue weighted by Crippen LogP contribution is -1.90. The zero-order chi connectivity index (χ0) is 5.11. The van der Waals surface area contributed by atoms with E-state index in [9.17, 15) is 0 Å². The summed E-state index contributed by atoms with van der Waals surface area (Å²) in [6.07, 6.45) is 5.37. The quantitative estimate of drug-likeness (QED) is 0.431. The van der Waals surface area contributed by atoms with Gasteiger partial charge in [0, 0.05) is 0 Å². The molecule has 0 N–H and O–H groups in total. The molecule has 0 fully saturated rings. The molecule has 34 valence electrons. The van der Waals surface area contributed by atoms with Gasteiger partial charge >= 0.3 is 0 Å². The van der Waals surface area contributed by atoms with E-state index in [0.717, 1.165) is 12.8 Å². The minimum atomic E-state index is -0.301. The van der Waals surface area contributed by atoms with Crippen molar-refractivity contribution in [2.24, 2.45) is 0 Å². The van der Waals surface area contributed by atoms with Gasteiger partial charge in [0.2, 0.25) is 0 Å². The van der Waals surface area contributed by atoms with Crippen LogP contribution in [0.5, 0.6) is 0 Å². The van der Waals surface area contributed by atoms with Gasteiger partial charge in [-0.3, -0.25) is 0 Å². The van der Waals surface area contributed by atoms with Crippen LogP contribution in [0.25, 0.3) is 0 Å². The summed E-state index contributed by atoms with van der Waals surface area (Å²) in [7, 11) is 0. The van der Waals surface area contributed by atoms with Crippen LogP contribution in [-0.2, 0) is 4.74 Å². The largest absolute Gasteiger partial charge is 0.502 e. The van der Waals surface area contributed by atoms with Gasteiger partial charge in [0.05, 0.1) is 14.2 Å². The molecule has 1 atom stereocenters. The molecule has 0 aromatic heterocycles. The van der Waals surface area contributed by atoms with E-state index in [0.29, 0.717) is 0 Å². The first-order chi connectivity index (χ1) is 3.39. The fraction of sp³-hybridized carbons (Fsp3) is 0.600. The van der Waals surface area contributed by atoms with Crippen LogP contribution in [0.4, 0.5) is 0 Å². The van der Waals surface area contributed by atoms with E-state index >= 15 is 0 Å². The molecule has 0 amide bonds. The Hall–Kier alpha value is -0.460. The number of ether oxygens (including phenoxy) is 1. The molecule has 0 saturated heterocycles. The second-order valence-electron chi connectivity index (χ2n) is 1.25. The van der Waals surface area contributed by atoms with Gasteiger partial charge in [-0.25, -0.2) is 0 Å². The van der Waals surface area contributed by atoms with Crippen LogP contribution >= 0.6 is 0 Å². The standard InChI is InChI=1S/C5H8O/c1-2-4-6-5-3-1/h2,4H,1,3,5H2/i5D. The molecule has 0 spiro atoms. The van der Waals surface area contributed by atoms with E-state index in [1.54, 1.807) is 6.26 Å². The number of rotatable bonds is 0. The maximum absolute atomic E-state index is 7.00. The maximum atomic E-state index is 7.00. The van der Waals surface area contributed by atoms with E-state index in [2.05, 4.69) is 0 Å². The van der Waals surface area contributed by atoms with Crippen molar-refractivity contribution >= 4 is 0 Å². The van der Waals surface area contributed by atoms with Crippen molar-refractivity contribution in [2.45, 2.75) is 12.8 Å². The highest BCUT2D eigenvalue weighted by Gasteiger charge is 1.86. The molecule has 1 nitrogen and oxygen atoms in total. The molecule has 6 heavy (non-hydrogen) atoms. The molecule has 0 aromatic rings. The third kappa shape index (κ3) is 0.744. The van der Waals surface area contributed by atoms with E-state index in [-0.39, 0.29) is 6.58 Å². The van der Waals surface area contributed by atoms with Gasteiger partial charge in [0.1, 0.15) is 0 Å². The molecule has 1 rings (SSSR count). The molecule has 0 bridgehead atoms. The average molecular weight is 85.1 g/mol. The van der Waals surface area contributed by atoms with Crippen molar-refractivity contribution in [3.8, 4) is 0 Å². The summed E-state index contributed by atoms with van der Waals surface area (Å²) in [4.78, 5) is 0. The summed E-state index contributed by atoms with van der Waals surface area (Å²) < 4.78 is 11.8. The third-order valence-electron chi connectivity index (χ3n) is 0.722. The Morgan fingerprint density at radius 2 is 2.83 bits per heavy atom. The van der Waals surface area contributed by atoms with Crippen LogP contribution in [0.3, 0.4) is 0 Å². The second-order valence-corrected chi connectivity index (χ2v) is 1.25. The molecular weight excluding hydrogens is 76.1 g/mol. The van der Waals surface area contributed by atoms with Crippen molar-refractivity contribution in [1.82, 2.24) is 0 Å².